The molecule has 8 heteroatoms. The van der Waals surface area contributed by atoms with Crippen molar-refractivity contribution >= 4 is 38.4 Å². The molecule has 0 aliphatic rings. The van der Waals surface area contributed by atoms with Crippen LogP contribution in [-0.2, 0) is 0 Å². The van der Waals surface area contributed by atoms with Crippen LogP contribution in [0, 0.1) is 11.3 Å². The van der Waals surface area contributed by atoms with Gasteiger partial charge in [0.25, 0.3) is 11.8 Å². The molecule has 0 N–H and O–H groups in total. The molecular formula is C20H14BrClN4O2. The summed E-state index contributed by atoms with van der Waals surface area (Å²) < 4.78 is 13.8. The number of rotatable bonds is 4. The minimum absolute atomic E-state index is 0.0280. The normalized spacial score (nSPS) is 11.1. The SMILES string of the molecule is CC(C)Oc1ccc(-c2nc(-n3cc(Cl)c4cc(Br)ccc43)no2)cc1C#N. The predicted octanol–water partition coefficient (Wildman–Crippen LogP) is 5.76. The molecule has 4 aromatic rings. The highest BCUT2D eigenvalue weighted by atomic mass is 79.9. The third-order valence-electron chi connectivity index (χ3n) is 4.06. The van der Waals surface area contributed by atoms with Gasteiger partial charge in [0.2, 0.25) is 0 Å². The topological polar surface area (TPSA) is 76.9 Å². The Morgan fingerprint density at radius 2 is 2.07 bits per heavy atom. The first-order valence-electron chi connectivity index (χ1n) is 8.47. The van der Waals surface area contributed by atoms with Crippen molar-refractivity contribution in [2.24, 2.45) is 0 Å². The Morgan fingerprint density at radius 1 is 1.25 bits per heavy atom. The second-order valence-corrected chi connectivity index (χ2v) is 7.72. The Balaban J connectivity index is 1.74. The van der Waals surface area contributed by atoms with Crippen LogP contribution in [0.1, 0.15) is 19.4 Å². The summed E-state index contributed by atoms with van der Waals surface area (Å²) >= 11 is 9.79. The quantitative estimate of drug-likeness (QED) is 0.389. The largest absolute Gasteiger partial charge is 0.490 e. The van der Waals surface area contributed by atoms with Gasteiger partial charge in [-0.05, 0) is 55.4 Å². The number of halogens is 2. The summed E-state index contributed by atoms with van der Waals surface area (Å²) in [6, 6.07) is 13.1. The van der Waals surface area contributed by atoms with E-state index in [0.29, 0.717) is 33.7 Å². The van der Waals surface area contributed by atoms with Gasteiger partial charge in [0.1, 0.15) is 11.8 Å². The molecule has 4 rings (SSSR count). The van der Waals surface area contributed by atoms with E-state index in [9.17, 15) is 5.26 Å². The smallest absolute Gasteiger partial charge is 0.275 e. The average molecular weight is 458 g/mol. The minimum Gasteiger partial charge on any atom is -0.490 e. The monoisotopic (exact) mass is 456 g/mol. The lowest BCUT2D eigenvalue weighted by Gasteiger charge is -2.11. The number of ether oxygens (including phenoxy) is 1. The van der Waals surface area contributed by atoms with E-state index in [2.05, 4.69) is 32.1 Å². The van der Waals surface area contributed by atoms with E-state index in [0.717, 1.165) is 15.4 Å². The molecule has 0 bridgehead atoms. The van der Waals surface area contributed by atoms with Gasteiger partial charge in [-0.1, -0.05) is 27.5 Å². The Morgan fingerprint density at radius 3 is 2.82 bits per heavy atom. The molecule has 0 amide bonds. The fraction of sp³-hybridized carbons (Fsp3) is 0.150. The maximum atomic E-state index is 9.41. The van der Waals surface area contributed by atoms with E-state index >= 15 is 0 Å². The number of nitriles is 1. The highest BCUT2D eigenvalue weighted by Crippen LogP contribution is 2.31. The lowest BCUT2D eigenvalue weighted by Crippen LogP contribution is -2.06. The van der Waals surface area contributed by atoms with Crippen LogP contribution in [0.25, 0.3) is 28.3 Å². The molecule has 0 aliphatic carbocycles. The molecule has 28 heavy (non-hydrogen) atoms. The molecule has 0 saturated carbocycles. The molecule has 0 fully saturated rings. The standard InChI is InChI=1S/C20H14BrClN4O2/c1-11(2)27-18-6-3-12(7-13(18)9-23)19-24-20(25-28-19)26-10-16(22)15-8-14(21)4-5-17(15)26/h3-8,10-11H,1-2H3. The zero-order valence-corrected chi connectivity index (χ0v) is 17.3. The Kier molecular flexibility index (Phi) is 4.84. The van der Waals surface area contributed by atoms with Gasteiger partial charge in [-0.25, -0.2) is 0 Å². The van der Waals surface area contributed by atoms with E-state index in [-0.39, 0.29) is 6.10 Å². The first-order valence-corrected chi connectivity index (χ1v) is 9.64. The number of aromatic nitrogens is 3. The molecule has 0 unspecified atom stereocenters. The van der Waals surface area contributed by atoms with Gasteiger partial charge < -0.3 is 9.26 Å². The second kappa shape index (κ2) is 7.30. The fourth-order valence-electron chi connectivity index (χ4n) is 2.87. The number of benzene rings is 2. The Bertz CT molecular complexity index is 1220. The Hall–Kier alpha value is -2.82. The third kappa shape index (κ3) is 3.37. The number of hydrogen-bond acceptors (Lipinski definition) is 5. The summed E-state index contributed by atoms with van der Waals surface area (Å²) in [6.07, 6.45) is 1.72. The van der Waals surface area contributed by atoms with Crippen LogP contribution in [0.2, 0.25) is 5.02 Å². The summed E-state index contributed by atoms with van der Waals surface area (Å²) in [5.41, 5.74) is 1.90. The maximum absolute atomic E-state index is 9.41. The summed E-state index contributed by atoms with van der Waals surface area (Å²) in [6.45, 7) is 3.81. The molecule has 0 atom stereocenters. The molecular weight excluding hydrogens is 444 g/mol. The van der Waals surface area contributed by atoms with Crippen molar-refractivity contribution in [3.63, 3.8) is 0 Å². The van der Waals surface area contributed by atoms with Crippen molar-refractivity contribution in [2.75, 3.05) is 0 Å². The zero-order chi connectivity index (χ0) is 19.8. The molecule has 0 spiro atoms. The van der Waals surface area contributed by atoms with Gasteiger partial charge in [-0.2, -0.15) is 10.2 Å². The average Bonchev–Trinajstić information content (AvgIpc) is 3.27. The van der Waals surface area contributed by atoms with E-state index in [1.807, 2.05) is 32.0 Å². The lowest BCUT2D eigenvalue weighted by atomic mass is 10.1. The summed E-state index contributed by atoms with van der Waals surface area (Å²) in [5.74, 6) is 1.18. The molecule has 140 valence electrons. The van der Waals surface area contributed by atoms with Crippen LogP contribution in [-0.4, -0.2) is 20.8 Å². The summed E-state index contributed by atoms with van der Waals surface area (Å²) in [7, 11) is 0. The van der Waals surface area contributed by atoms with Crippen LogP contribution in [0.3, 0.4) is 0 Å². The van der Waals surface area contributed by atoms with Gasteiger partial charge in [-0.15, -0.1) is 0 Å². The van der Waals surface area contributed by atoms with Crippen LogP contribution in [0.4, 0.5) is 0 Å². The molecule has 0 aliphatic heterocycles. The summed E-state index contributed by atoms with van der Waals surface area (Å²) in [4.78, 5) is 4.47. The second-order valence-electron chi connectivity index (χ2n) is 6.40. The van der Waals surface area contributed by atoms with E-state index in [4.69, 9.17) is 20.9 Å². The van der Waals surface area contributed by atoms with Crippen molar-refractivity contribution in [3.05, 3.63) is 57.7 Å². The molecule has 2 aromatic carbocycles. The highest BCUT2D eigenvalue weighted by Gasteiger charge is 2.16. The Labute approximate surface area is 174 Å². The van der Waals surface area contributed by atoms with Crippen LogP contribution < -0.4 is 4.74 Å². The van der Waals surface area contributed by atoms with E-state index in [1.165, 1.54) is 0 Å². The number of hydrogen-bond donors (Lipinski definition) is 0. The third-order valence-corrected chi connectivity index (χ3v) is 4.85. The fourth-order valence-corrected chi connectivity index (χ4v) is 3.48. The first-order chi connectivity index (χ1) is 13.5. The van der Waals surface area contributed by atoms with Gasteiger partial charge in [0.15, 0.2) is 0 Å². The minimum atomic E-state index is -0.0280. The highest BCUT2D eigenvalue weighted by molar-refractivity contribution is 9.10. The molecule has 6 nitrogen and oxygen atoms in total. The van der Waals surface area contributed by atoms with E-state index < -0.39 is 0 Å². The van der Waals surface area contributed by atoms with E-state index in [1.54, 1.807) is 29.0 Å². The number of fused-ring (bicyclic) bond motifs is 1. The first kappa shape index (κ1) is 18.5. The van der Waals surface area contributed by atoms with Crippen molar-refractivity contribution in [3.8, 4) is 29.2 Å². The van der Waals surface area contributed by atoms with Gasteiger partial charge in [-0.3, -0.25) is 4.57 Å². The lowest BCUT2D eigenvalue weighted by molar-refractivity contribution is 0.242. The van der Waals surface area contributed by atoms with Crippen LogP contribution in [0.5, 0.6) is 5.75 Å². The van der Waals surface area contributed by atoms with Gasteiger partial charge in [0.05, 0.1) is 22.2 Å². The van der Waals surface area contributed by atoms with Crippen molar-refractivity contribution in [1.29, 1.82) is 5.26 Å². The van der Waals surface area contributed by atoms with Crippen LogP contribution >= 0.6 is 27.5 Å². The van der Waals surface area contributed by atoms with Gasteiger partial charge in [0, 0.05) is 21.6 Å². The molecule has 0 saturated heterocycles. The molecule has 2 aromatic heterocycles. The predicted molar refractivity (Wildman–Crippen MR) is 110 cm³/mol. The van der Waals surface area contributed by atoms with Crippen molar-refractivity contribution in [2.45, 2.75) is 20.0 Å². The maximum Gasteiger partial charge on any atom is 0.275 e. The number of nitrogens with zero attached hydrogens (tertiary/aromatic N) is 4. The molecule has 0 radical (unpaired) electrons. The van der Waals surface area contributed by atoms with Crippen molar-refractivity contribution < 1.29 is 9.26 Å². The van der Waals surface area contributed by atoms with Crippen LogP contribution in [0.15, 0.2) is 51.6 Å². The zero-order valence-electron chi connectivity index (χ0n) is 15.0. The molecule has 2 heterocycles. The van der Waals surface area contributed by atoms with Crippen molar-refractivity contribution in [1.82, 2.24) is 14.7 Å². The van der Waals surface area contributed by atoms with Gasteiger partial charge >= 0.3 is 0 Å². The summed E-state index contributed by atoms with van der Waals surface area (Å²) in [5, 5.41) is 14.9.